The Hall–Kier alpha value is -2.49. The zero-order valence-corrected chi connectivity index (χ0v) is 10.5. The summed E-state index contributed by atoms with van der Waals surface area (Å²) >= 11 is 0. The fraction of sp³-hybridized carbons (Fsp3) is 0.133. The summed E-state index contributed by atoms with van der Waals surface area (Å²) in [5, 5.41) is 3.29. The summed E-state index contributed by atoms with van der Waals surface area (Å²) in [5.41, 5.74) is 3.09. The molecule has 2 heterocycles. The van der Waals surface area contributed by atoms with E-state index in [1.165, 1.54) is 5.56 Å². The van der Waals surface area contributed by atoms with Gasteiger partial charge in [0, 0.05) is 18.9 Å². The summed E-state index contributed by atoms with van der Waals surface area (Å²) < 4.78 is 0. The topological polar surface area (TPSA) is 50.7 Å². The minimum Gasteiger partial charge on any atom is -0.368 e. The van der Waals surface area contributed by atoms with Crippen LogP contribution >= 0.6 is 0 Å². The number of para-hydroxylation sites is 2. The van der Waals surface area contributed by atoms with Crippen molar-refractivity contribution in [3.8, 4) is 0 Å². The highest BCUT2D eigenvalue weighted by molar-refractivity contribution is 5.75. The molecule has 0 aliphatic heterocycles. The first-order valence-corrected chi connectivity index (χ1v) is 6.26. The van der Waals surface area contributed by atoms with Gasteiger partial charge < -0.3 is 5.32 Å². The van der Waals surface area contributed by atoms with Crippen molar-refractivity contribution in [1.82, 2.24) is 15.0 Å². The molecule has 0 aliphatic rings. The van der Waals surface area contributed by atoms with E-state index < -0.39 is 0 Å². The Morgan fingerprint density at radius 2 is 1.74 bits per heavy atom. The second-order valence-electron chi connectivity index (χ2n) is 4.28. The lowest BCUT2D eigenvalue weighted by Crippen LogP contribution is -2.06. The first kappa shape index (κ1) is 11.6. The number of hydrogen-bond donors (Lipinski definition) is 1. The van der Waals surface area contributed by atoms with Crippen LogP contribution in [0.15, 0.2) is 55.0 Å². The van der Waals surface area contributed by atoms with Crippen LogP contribution in [-0.2, 0) is 6.42 Å². The van der Waals surface area contributed by atoms with Crippen LogP contribution in [0.5, 0.6) is 0 Å². The Kier molecular flexibility index (Phi) is 3.32. The largest absolute Gasteiger partial charge is 0.368 e. The summed E-state index contributed by atoms with van der Waals surface area (Å²) in [6, 6.07) is 11.9. The van der Waals surface area contributed by atoms with E-state index in [1.54, 1.807) is 6.20 Å². The second-order valence-corrected chi connectivity index (χ2v) is 4.28. The van der Waals surface area contributed by atoms with Crippen LogP contribution in [0.1, 0.15) is 5.56 Å². The lowest BCUT2D eigenvalue weighted by atomic mass is 10.2. The third kappa shape index (κ3) is 2.85. The van der Waals surface area contributed by atoms with Gasteiger partial charge in [-0.2, -0.15) is 0 Å². The summed E-state index contributed by atoms with van der Waals surface area (Å²) in [4.78, 5) is 12.9. The van der Waals surface area contributed by atoms with E-state index in [0.717, 1.165) is 29.8 Å². The molecule has 2 aromatic heterocycles. The quantitative estimate of drug-likeness (QED) is 0.773. The molecular weight excluding hydrogens is 236 g/mol. The molecule has 3 rings (SSSR count). The maximum Gasteiger partial charge on any atom is 0.145 e. The molecule has 94 valence electrons. The van der Waals surface area contributed by atoms with Gasteiger partial charge in [0.1, 0.15) is 5.82 Å². The molecule has 3 aromatic rings. The van der Waals surface area contributed by atoms with E-state index in [1.807, 2.05) is 48.8 Å². The maximum atomic E-state index is 4.52. The van der Waals surface area contributed by atoms with Crippen LogP contribution in [0.3, 0.4) is 0 Å². The Labute approximate surface area is 111 Å². The van der Waals surface area contributed by atoms with Crippen molar-refractivity contribution < 1.29 is 0 Å². The van der Waals surface area contributed by atoms with Crippen LogP contribution in [0.25, 0.3) is 11.0 Å². The van der Waals surface area contributed by atoms with E-state index >= 15 is 0 Å². The summed E-state index contributed by atoms with van der Waals surface area (Å²) in [6.07, 6.45) is 6.34. The molecular formula is C15H14N4. The van der Waals surface area contributed by atoms with Crippen molar-refractivity contribution in [1.29, 1.82) is 0 Å². The van der Waals surface area contributed by atoms with Gasteiger partial charge in [0.15, 0.2) is 0 Å². The Morgan fingerprint density at radius 1 is 0.947 bits per heavy atom. The van der Waals surface area contributed by atoms with Crippen molar-refractivity contribution in [2.24, 2.45) is 0 Å². The molecule has 0 atom stereocenters. The Bertz CT molecular complexity index is 667. The number of hydrogen-bond acceptors (Lipinski definition) is 4. The number of nitrogens with one attached hydrogen (secondary N) is 1. The molecule has 0 amide bonds. The van der Waals surface area contributed by atoms with Crippen molar-refractivity contribution in [2.45, 2.75) is 6.42 Å². The van der Waals surface area contributed by atoms with Crippen LogP contribution < -0.4 is 5.32 Å². The fourth-order valence-corrected chi connectivity index (χ4v) is 1.93. The summed E-state index contributed by atoms with van der Waals surface area (Å²) in [6.45, 7) is 0.830. The van der Waals surface area contributed by atoms with Crippen molar-refractivity contribution >= 4 is 16.9 Å². The minimum absolute atomic E-state index is 0.813. The molecule has 4 nitrogen and oxygen atoms in total. The highest BCUT2D eigenvalue weighted by Crippen LogP contribution is 2.11. The van der Waals surface area contributed by atoms with Gasteiger partial charge in [-0.15, -0.1) is 0 Å². The maximum absolute atomic E-state index is 4.52. The molecule has 0 fully saturated rings. The molecule has 0 radical (unpaired) electrons. The Morgan fingerprint density at radius 3 is 2.58 bits per heavy atom. The van der Waals surface area contributed by atoms with E-state index in [4.69, 9.17) is 0 Å². The number of anilines is 1. The minimum atomic E-state index is 0.813. The third-order valence-electron chi connectivity index (χ3n) is 2.92. The normalized spacial score (nSPS) is 10.5. The zero-order valence-electron chi connectivity index (χ0n) is 10.5. The monoisotopic (exact) mass is 250 g/mol. The van der Waals surface area contributed by atoms with Gasteiger partial charge in [-0.25, -0.2) is 4.98 Å². The van der Waals surface area contributed by atoms with Gasteiger partial charge in [0.2, 0.25) is 0 Å². The van der Waals surface area contributed by atoms with Crippen molar-refractivity contribution in [2.75, 3.05) is 11.9 Å². The lowest BCUT2D eigenvalue weighted by Gasteiger charge is -2.06. The van der Waals surface area contributed by atoms with Crippen LogP contribution in [0.2, 0.25) is 0 Å². The third-order valence-corrected chi connectivity index (χ3v) is 2.92. The second kappa shape index (κ2) is 5.44. The van der Waals surface area contributed by atoms with Gasteiger partial charge in [-0.3, -0.25) is 9.97 Å². The van der Waals surface area contributed by atoms with Crippen molar-refractivity contribution in [3.05, 3.63) is 60.6 Å². The number of aromatic nitrogens is 3. The van der Waals surface area contributed by atoms with Crippen LogP contribution in [0.4, 0.5) is 5.82 Å². The average molecular weight is 250 g/mol. The van der Waals surface area contributed by atoms with Crippen LogP contribution in [0, 0.1) is 0 Å². The van der Waals surface area contributed by atoms with E-state index in [9.17, 15) is 0 Å². The van der Waals surface area contributed by atoms with Gasteiger partial charge in [0.05, 0.1) is 17.2 Å². The molecule has 0 unspecified atom stereocenters. The molecule has 1 aromatic carbocycles. The number of rotatable bonds is 4. The highest BCUT2D eigenvalue weighted by atomic mass is 15.0. The fourth-order valence-electron chi connectivity index (χ4n) is 1.93. The summed E-state index contributed by atoms with van der Waals surface area (Å²) in [7, 11) is 0. The van der Waals surface area contributed by atoms with Gasteiger partial charge in [-0.1, -0.05) is 12.1 Å². The highest BCUT2D eigenvalue weighted by Gasteiger charge is 1.98. The van der Waals surface area contributed by atoms with E-state index in [-0.39, 0.29) is 0 Å². The predicted octanol–water partition coefficient (Wildman–Crippen LogP) is 2.68. The number of benzene rings is 1. The molecule has 19 heavy (non-hydrogen) atoms. The SMILES string of the molecule is c1ccc2nc(NCCc3ccncc3)cnc2c1. The molecule has 0 aliphatic carbocycles. The molecule has 0 bridgehead atoms. The number of pyridine rings is 1. The molecule has 0 saturated carbocycles. The number of fused-ring (bicyclic) bond motifs is 1. The number of nitrogens with zero attached hydrogens (tertiary/aromatic N) is 3. The molecule has 0 saturated heterocycles. The summed E-state index contributed by atoms with van der Waals surface area (Å²) in [5.74, 6) is 0.813. The predicted molar refractivity (Wildman–Crippen MR) is 76.0 cm³/mol. The van der Waals surface area contributed by atoms with E-state index in [0.29, 0.717) is 0 Å². The standard InChI is InChI=1S/C15H14N4/c1-2-4-14-13(3-1)18-11-15(19-14)17-10-7-12-5-8-16-9-6-12/h1-6,8-9,11H,7,10H2,(H,17,19). The molecule has 1 N–H and O–H groups in total. The van der Waals surface area contributed by atoms with Gasteiger partial charge in [-0.05, 0) is 36.2 Å². The van der Waals surface area contributed by atoms with E-state index in [2.05, 4.69) is 20.3 Å². The zero-order chi connectivity index (χ0) is 12.9. The first-order valence-electron chi connectivity index (χ1n) is 6.26. The first-order chi connectivity index (χ1) is 9.42. The smallest absolute Gasteiger partial charge is 0.145 e. The Balaban J connectivity index is 1.65. The van der Waals surface area contributed by atoms with Crippen molar-refractivity contribution in [3.63, 3.8) is 0 Å². The lowest BCUT2D eigenvalue weighted by molar-refractivity contribution is 1.000. The van der Waals surface area contributed by atoms with Crippen LogP contribution in [-0.4, -0.2) is 21.5 Å². The molecule has 0 spiro atoms. The van der Waals surface area contributed by atoms with Gasteiger partial charge >= 0.3 is 0 Å². The van der Waals surface area contributed by atoms with Gasteiger partial charge in [0.25, 0.3) is 0 Å². The molecule has 4 heteroatoms. The average Bonchev–Trinajstić information content (AvgIpc) is 2.48.